The molecule has 2 fully saturated rings. The van der Waals surface area contributed by atoms with Gasteiger partial charge in [-0.05, 0) is 43.6 Å². The summed E-state index contributed by atoms with van der Waals surface area (Å²) in [4.78, 5) is 18.7. The zero-order valence-corrected chi connectivity index (χ0v) is 19.4. The molecule has 0 amide bonds. The van der Waals surface area contributed by atoms with Crippen LogP contribution in [0.25, 0.3) is 0 Å². The molecule has 34 heavy (non-hydrogen) atoms. The smallest absolute Gasteiger partial charge is 0.331 e. The van der Waals surface area contributed by atoms with Crippen molar-refractivity contribution >= 4 is 11.7 Å². The Morgan fingerprint density at radius 3 is 2.06 bits per heavy atom. The Morgan fingerprint density at radius 2 is 1.50 bits per heavy atom. The van der Waals surface area contributed by atoms with E-state index in [1.807, 2.05) is 66.7 Å². The van der Waals surface area contributed by atoms with E-state index in [1.54, 1.807) is 0 Å². The second kappa shape index (κ2) is 10.4. The average molecular weight is 454 g/mol. The Morgan fingerprint density at radius 1 is 0.912 bits per heavy atom. The Labute approximate surface area is 201 Å². The van der Waals surface area contributed by atoms with Gasteiger partial charge in [-0.1, -0.05) is 91.0 Å². The van der Waals surface area contributed by atoms with Crippen LogP contribution in [0.2, 0.25) is 0 Å². The highest BCUT2D eigenvalue weighted by Crippen LogP contribution is 2.45. The maximum Gasteiger partial charge on any atom is 0.331 e. The molecule has 0 bridgehead atoms. The summed E-state index contributed by atoms with van der Waals surface area (Å²) in [6, 6.07) is 29.5. The lowest BCUT2D eigenvalue weighted by molar-refractivity contribution is -0.160. The van der Waals surface area contributed by atoms with Gasteiger partial charge in [0.05, 0.1) is 11.3 Å². The van der Waals surface area contributed by atoms with Crippen LogP contribution in [-0.2, 0) is 20.9 Å². The van der Waals surface area contributed by atoms with Crippen LogP contribution in [0.15, 0.2) is 96.0 Å². The second-order valence-electron chi connectivity index (χ2n) is 9.39. The number of carbonyl (C=O) groups excluding carboxylic acids is 1. The van der Waals surface area contributed by atoms with E-state index in [9.17, 15) is 4.79 Å². The summed E-state index contributed by atoms with van der Waals surface area (Å²) >= 11 is 0. The van der Waals surface area contributed by atoms with E-state index in [-0.39, 0.29) is 24.1 Å². The predicted molar refractivity (Wildman–Crippen MR) is 134 cm³/mol. The molecule has 1 aliphatic heterocycles. The number of carbonyl (C=O) groups is 1. The van der Waals surface area contributed by atoms with E-state index in [4.69, 9.17) is 14.5 Å². The maximum atomic E-state index is 13.6. The Balaban J connectivity index is 1.49. The quantitative estimate of drug-likeness (QED) is 0.326. The molecule has 1 aliphatic carbocycles. The zero-order valence-electron chi connectivity index (χ0n) is 19.4. The van der Waals surface area contributed by atoms with Crippen LogP contribution in [0.3, 0.4) is 0 Å². The third-order valence-corrected chi connectivity index (χ3v) is 7.07. The van der Waals surface area contributed by atoms with Gasteiger partial charge in [0.15, 0.2) is 6.04 Å². The van der Waals surface area contributed by atoms with Crippen molar-refractivity contribution in [3.05, 3.63) is 108 Å². The van der Waals surface area contributed by atoms with Crippen molar-refractivity contribution in [2.45, 2.75) is 50.4 Å². The van der Waals surface area contributed by atoms with Crippen molar-refractivity contribution in [3.8, 4) is 0 Å². The number of benzene rings is 3. The van der Waals surface area contributed by atoms with Crippen molar-refractivity contribution in [2.75, 3.05) is 6.61 Å². The standard InChI is InChI=1S/C30H31NO3/c32-29(33-22-23-11-4-1-5-12-23)28(26-17-20-34-30(21-26)18-10-19-30)31-27(24-13-6-2-7-14-24)25-15-8-3-9-16-25/h1-9,11-16,26,28H,10,17-22H2. The number of rotatable bonds is 7. The van der Waals surface area contributed by atoms with Crippen LogP contribution in [-0.4, -0.2) is 29.9 Å². The molecule has 2 atom stereocenters. The molecular formula is C30H31NO3. The van der Waals surface area contributed by atoms with Gasteiger partial charge in [0.25, 0.3) is 0 Å². The summed E-state index contributed by atoms with van der Waals surface area (Å²) in [5.41, 5.74) is 3.74. The molecule has 0 aromatic heterocycles. The second-order valence-corrected chi connectivity index (χ2v) is 9.39. The van der Waals surface area contributed by atoms with E-state index >= 15 is 0 Å². The van der Waals surface area contributed by atoms with Gasteiger partial charge in [0.2, 0.25) is 0 Å². The van der Waals surface area contributed by atoms with E-state index in [2.05, 4.69) is 24.3 Å². The lowest BCUT2D eigenvalue weighted by Crippen LogP contribution is -2.49. The summed E-state index contributed by atoms with van der Waals surface area (Å²) in [6.07, 6.45) is 5.01. The van der Waals surface area contributed by atoms with Gasteiger partial charge in [0.1, 0.15) is 6.61 Å². The molecule has 1 spiro atoms. The lowest BCUT2D eigenvalue weighted by Gasteiger charge is -2.48. The van der Waals surface area contributed by atoms with Crippen LogP contribution in [0.5, 0.6) is 0 Å². The molecule has 1 saturated carbocycles. The first kappa shape index (κ1) is 22.5. The van der Waals surface area contributed by atoms with Gasteiger partial charge in [-0.3, -0.25) is 4.99 Å². The molecule has 2 unspecified atom stereocenters. The Bertz CT molecular complexity index is 1070. The normalized spacial score (nSPS) is 19.6. The first-order valence-electron chi connectivity index (χ1n) is 12.3. The average Bonchev–Trinajstić information content (AvgIpc) is 2.89. The molecule has 4 nitrogen and oxygen atoms in total. The van der Waals surface area contributed by atoms with E-state index < -0.39 is 6.04 Å². The fourth-order valence-electron chi connectivity index (χ4n) is 5.07. The molecular weight excluding hydrogens is 422 g/mol. The van der Waals surface area contributed by atoms with Crippen molar-refractivity contribution in [1.82, 2.24) is 0 Å². The summed E-state index contributed by atoms with van der Waals surface area (Å²) in [6.45, 7) is 0.931. The van der Waals surface area contributed by atoms with Crippen molar-refractivity contribution < 1.29 is 14.3 Å². The van der Waals surface area contributed by atoms with E-state index in [1.165, 1.54) is 6.42 Å². The van der Waals surface area contributed by atoms with Gasteiger partial charge < -0.3 is 9.47 Å². The monoisotopic (exact) mass is 453 g/mol. The van der Waals surface area contributed by atoms with Gasteiger partial charge >= 0.3 is 5.97 Å². The minimum absolute atomic E-state index is 0.0734. The predicted octanol–water partition coefficient (Wildman–Crippen LogP) is 5.99. The summed E-state index contributed by atoms with van der Waals surface area (Å²) in [7, 11) is 0. The summed E-state index contributed by atoms with van der Waals surface area (Å²) in [5.74, 6) is -0.158. The number of hydrogen-bond acceptors (Lipinski definition) is 4. The molecule has 2 aliphatic rings. The minimum atomic E-state index is -0.569. The van der Waals surface area contributed by atoms with Crippen LogP contribution >= 0.6 is 0 Å². The highest BCUT2D eigenvalue weighted by molar-refractivity contribution is 6.13. The van der Waals surface area contributed by atoms with Gasteiger partial charge in [-0.25, -0.2) is 4.79 Å². The van der Waals surface area contributed by atoms with Crippen molar-refractivity contribution in [3.63, 3.8) is 0 Å². The molecule has 0 N–H and O–H groups in total. The molecule has 3 aromatic carbocycles. The molecule has 174 valence electrons. The van der Waals surface area contributed by atoms with Crippen LogP contribution in [0.4, 0.5) is 0 Å². The van der Waals surface area contributed by atoms with Crippen LogP contribution < -0.4 is 0 Å². The fourth-order valence-corrected chi connectivity index (χ4v) is 5.07. The Hall–Kier alpha value is -3.24. The summed E-state index contributed by atoms with van der Waals surface area (Å²) in [5, 5.41) is 0. The zero-order chi connectivity index (χ0) is 23.2. The maximum absolute atomic E-state index is 13.6. The SMILES string of the molecule is O=C(OCc1ccccc1)C(N=C(c1ccccc1)c1ccccc1)C1CCOC2(CCC2)C1. The highest BCUT2D eigenvalue weighted by atomic mass is 16.5. The molecule has 5 rings (SSSR count). The first-order valence-corrected chi connectivity index (χ1v) is 12.3. The fraction of sp³-hybridized carbons (Fsp3) is 0.333. The first-order chi connectivity index (χ1) is 16.7. The van der Waals surface area contributed by atoms with E-state index in [0.717, 1.165) is 48.1 Å². The van der Waals surface area contributed by atoms with Crippen LogP contribution in [0.1, 0.15) is 48.8 Å². The largest absolute Gasteiger partial charge is 0.459 e. The molecule has 1 saturated heterocycles. The van der Waals surface area contributed by atoms with E-state index in [0.29, 0.717) is 6.61 Å². The number of hydrogen-bond donors (Lipinski definition) is 0. The van der Waals surface area contributed by atoms with Gasteiger partial charge in [-0.15, -0.1) is 0 Å². The summed E-state index contributed by atoms with van der Waals surface area (Å²) < 4.78 is 12.0. The third-order valence-electron chi connectivity index (χ3n) is 7.07. The molecule has 3 aromatic rings. The topological polar surface area (TPSA) is 47.9 Å². The van der Waals surface area contributed by atoms with Crippen LogP contribution in [0, 0.1) is 5.92 Å². The molecule has 1 heterocycles. The highest BCUT2D eigenvalue weighted by Gasteiger charge is 2.46. The van der Waals surface area contributed by atoms with Gasteiger partial charge in [0, 0.05) is 17.7 Å². The van der Waals surface area contributed by atoms with Crippen molar-refractivity contribution in [1.29, 1.82) is 0 Å². The van der Waals surface area contributed by atoms with Crippen molar-refractivity contribution in [2.24, 2.45) is 10.9 Å². The minimum Gasteiger partial charge on any atom is -0.459 e. The molecule has 4 heteroatoms. The lowest BCUT2D eigenvalue weighted by atomic mass is 9.70. The number of ether oxygens (including phenoxy) is 2. The number of aliphatic imine (C=N–C) groups is 1. The number of esters is 1. The third kappa shape index (κ3) is 5.13. The van der Waals surface area contributed by atoms with Gasteiger partial charge in [-0.2, -0.15) is 0 Å². The molecule has 0 radical (unpaired) electrons. The Kier molecular flexibility index (Phi) is 6.87. The number of nitrogens with zero attached hydrogens (tertiary/aromatic N) is 1.